The number of hydrogen-bond acceptors (Lipinski definition) is 8. The number of ether oxygens (including phenoxy) is 3. The number of phosphoric acid groups is 1. The minimum Gasteiger partial charge on any atom is -0.377 e. The lowest BCUT2D eigenvalue weighted by Crippen LogP contribution is -2.36. The van der Waals surface area contributed by atoms with Gasteiger partial charge in [0.2, 0.25) is 5.52 Å². The molecular formula is C14H25N5O8P+. The van der Waals surface area contributed by atoms with Crippen LogP contribution in [0.5, 0.6) is 0 Å². The third kappa shape index (κ3) is 7.28. The highest BCUT2D eigenvalue weighted by atomic mass is 31.2. The zero-order valence-electron chi connectivity index (χ0n) is 15.4. The lowest BCUT2D eigenvalue weighted by molar-refractivity contribution is -0.675. The van der Waals surface area contributed by atoms with E-state index in [1.807, 2.05) is 0 Å². The van der Waals surface area contributed by atoms with E-state index >= 15 is 0 Å². The Kier molecular flexibility index (Phi) is 8.51. The summed E-state index contributed by atoms with van der Waals surface area (Å²) in [5, 5.41) is 0. The Morgan fingerprint density at radius 1 is 1.14 bits per heavy atom. The van der Waals surface area contributed by atoms with E-state index in [2.05, 4.69) is 14.5 Å². The number of anilines is 1. The van der Waals surface area contributed by atoms with Gasteiger partial charge in [0.1, 0.15) is 0 Å². The number of nitrogens with one attached hydrogen (secondary N) is 1. The molecule has 158 valence electrons. The Morgan fingerprint density at radius 3 is 2.32 bits per heavy atom. The molecule has 0 amide bonds. The van der Waals surface area contributed by atoms with E-state index < -0.39 is 7.82 Å². The number of phosphoric ester groups is 1. The highest BCUT2D eigenvalue weighted by Gasteiger charge is 2.19. The summed E-state index contributed by atoms with van der Waals surface area (Å²) >= 11 is 0. The number of nitrogens with two attached hydrogens (primary N) is 1. The maximum atomic E-state index is 11.9. The third-order valence-electron chi connectivity index (χ3n) is 3.54. The zero-order chi connectivity index (χ0) is 20.6. The molecule has 0 aromatic carbocycles. The van der Waals surface area contributed by atoms with Crippen LogP contribution in [0.4, 0.5) is 5.95 Å². The molecule has 2 heterocycles. The highest BCUT2D eigenvalue weighted by Crippen LogP contribution is 2.35. The SMILES string of the molecule is Cn1c[n+](CCOCCOCCOCCOP(=O)(O)O)c2nc(N)[nH]c(=O)c21. The maximum absolute atomic E-state index is 11.9. The largest absolute Gasteiger partial charge is 0.469 e. The smallest absolute Gasteiger partial charge is 0.377 e. The molecule has 28 heavy (non-hydrogen) atoms. The molecule has 14 heteroatoms. The Hall–Kier alpha value is -1.86. The molecule has 2 rings (SSSR count). The highest BCUT2D eigenvalue weighted by molar-refractivity contribution is 7.46. The molecule has 0 unspecified atom stereocenters. The van der Waals surface area contributed by atoms with Crippen molar-refractivity contribution in [2.45, 2.75) is 6.54 Å². The first-order chi connectivity index (χ1) is 13.3. The van der Waals surface area contributed by atoms with Crippen LogP contribution in [0.3, 0.4) is 0 Å². The van der Waals surface area contributed by atoms with E-state index in [1.165, 1.54) is 0 Å². The number of imidazole rings is 1. The second-order valence-corrected chi connectivity index (χ2v) is 6.94. The Balaban J connectivity index is 1.56. The molecule has 0 radical (unpaired) electrons. The van der Waals surface area contributed by atoms with Crippen LogP contribution in [0, 0.1) is 0 Å². The molecule has 0 saturated carbocycles. The van der Waals surface area contributed by atoms with Crippen molar-refractivity contribution in [1.29, 1.82) is 0 Å². The van der Waals surface area contributed by atoms with E-state index in [0.717, 1.165) is 0 Å². The van der Waals surface area contributed by atoms with Gasteiger partial charge in [0, 0.05) is 0 Å². The topological polar surface area (TPSA) is 175 Å². The maximum Gasteiger partial charge on any atom is 0.469 e. The van der Waals surface area contributed by atoms with Gasteiger partial charge in [0.05, 0.1) is 59.8 Å². The summed E-state index contributed by atoms with van der Waals surface area (Å²) in [5.74, 6) is 0.0577. The summed E-state index contributed by atoms with van der Waals surface area (Å²) in [6.45, 7) is 2.12. The molecule has 0 aliphatic rings. The first-order valence-electron chi connectivity index (χ1n) is 8.45. The van der Waals surface area contributed by atoms with Gasteiger partial charge >= 0.3 is 13.5 Å². The summed E-state index contributed by atoms with van der Waals surface area (Å²) in [6.07, 6.45) is 1.75. The first kappa shape index (κ1) is 22.4. The Labute approximate surface area is 160 Å². The van der Waals surface area contributed by atoms with Gasteiger partial charge in [0.25, 0.3) is 11.5 Å². The number of aryl methyl sites for hydroxylation is 1. The van der Waals surface area contributed by atoms with Gasteiger partial charge in [-0.05, 0) is 0 Å². The monoisotopic (exact) mass is 422 g/mol. The molecule has 13 nitrogen and oxygen atoms in total. The summed E-state index contributed by atoms with van der Waals surface area (Å²) in [4.78, 5) is 35.5. The summed E-state index contributed by atoms with van der Waals surface area (Å²) < 4.78 is 34.0. The zero-order valence-corrected chi connectivity index (χ0v) is 16.3. The Morgan fingerprint density at radius 2 is 1.71 bits per heavy atom. The van der Waals surface area contributed by atoms with Gasteiger partial charge in [0.15, 0.2) is 6.33 Å². The van der Waals surface area contributed by atoms with Crippen molar-refractivity contribution >= 4 is 24.9 Å². The first-order valence-corrected chi connectivity index (χ1v) is 9.98. The number of fused-ring (bicyclic) bond motifs is 1. The van der Waals surface area contributed by atoms with Crippen LogP contribution in [0.1, 0.15) is 0 Å². The van der Waals surface area contributed by atoms with E-state index in [1.54, 1.807) is 22.5 Å². The second-order valence-electron chi connectivity index (χ2n) is 5.70. The van der Waals surface area contributed by atoms with Gasteiger partial charge in [-0.25, -0.2) is 9.13 Å². The fraction of sp³-hybridized carbons (Fsp3) is 0.643. The van der Waals surface area contributed by atoms with Gasteiger partial charge in [-0.3, -0.25) is 18.9 Å². The number of aromatic amines is 1. The number of aromatic nitrogens is 4. The molecule has 0 aliphatic heterocycles. The summed E-state index contributed by atoms with van der Waals surface area (Å²) in [6, 6.07) is 0. The standard InChI is InChI=1S/C14H24N5O8P/c1-18-10-19(12-11(18)13(20)17-14(15)16-12)2-3-24-4-5-25-6-7-26-8-9-27-28(21,22)23/h10H,2-9H2,1H3,(H4-,15,16,17,20,21,22,23)/p+1. The molecule has 0 aliphatic carbocycles. The quantitative estimate of drug-likeness (QED) is 0.165. The predicted octanol–water partition coefficient (Wildman–Crippen LogP) is -1.71. The Bertz CT molecular complexity index is 863. The lowest BCUT2D eigenvalue weighted by atomic mass is 10.5. The molecule has 2 aromatic heterocycles. The van der Waals surface area contributed by atoms with Crippen LogP contribution < -0.4 is 15.9 Å². The number of rotatable bonds is 13. The number of hydrogen-bond donors (Lipinski definition) is 4. The average molecular weight is 422 g/mol. The van der Waals surface area contributed by atoms with Crippen molar-refractivity contribution in [3.8, 4) is 0 Å². The van der Waals surface area contributed by atoms with E-state index in [4.69, 9.17) is 29.7 Å². The molecule has 5 N–H and O–H groups in total. The van der Waals surface area contributed by atoms with Crippen molar-refractivity contribution in [1.82, 2.24) is 14.5 Å². The summed E-state index contributed by atoms with van der Waals surface area (Å²) in [5.41, 5.74) is 6.22. The van der Waals surface area contributed by atoms with Crippen LogP contribution in [-0.2, 0) is 36.9 Å². The number of nitrogens with zero attached hydrogens (tertiary/aromatic N) is 3. The molecule has 0 spiro atoms. The normalized spacial score (nSPS) is 12.1. The lowest BCUT2D eigenvalue weighted by Gasteiger charge is -2.07. The van der Waals surface area contributed by atoms with Crippen LogP contribution in [0.2, 0.25) is 0 Å². The van der Waals surface area contributed by atoms with Gasteiger partial charge in [-0.2, -0.15) is 0 Å². The fourth-order valence-electron chi connectivity index (χ4n) is 2.40. The van der Waals surface area contributed by atoms with Gasteiger partial charge in [-0.1, -0.05) is 4.98 Å². The van der Waals surface area contributed by atoms with Crippen molar-refractivity contribution < 1.29 is 37.7 Å². The van der Waals surface area contributed by atoms with Crippen molar-refractivity contribution in [3.05, 3.63) is 16.7 Å². The second kappa shape index (κ2) is 10.6. The molecule has 0 saturated heterocycles. The van der Waals surface area contributed by atoms with Crippen LogP contribution >= 0.6 is 7.82 Å². The van der Waals surface area contributed by atoms with Crippen molar-refractivity contribution in [3.63, 3.8) is 0 Å². The van der Waals surface area contributed by atoms with Gasteiger partial charge < -0.3 is 29.7 Å². The van der Waals surface area contributed by atoms with E-state index in [0.29, 0.717) is 44.1 Å². The minimum absolute atomic E-state index is 0.0577. The van der Waals surface area contributed by atoms with Crippen LogP contribution in [0.25, 0.3) is 11.2 Å². The van der Waals surface area contributed by atoms with E-state index in [9.17, 15) is 9.36 Å². The van der Waals surface area contributed by atoms with E-state index in [-0.39, 0.29) is 31.3 Å². The molecule has 0 bridgehead atoms. The third-order valence-corrected chi connectivity index (χ3v) is 4.06. The van der Waals surface area contributed by atoms with Crippen molar-refractivity contribution in [2.24, 2.45) is 7.05 Å². The molecular weight excluding hydrogens is 397 g/mol. The number of H-pyrrole nitrogens is 1. The fourth-order valence-corrected chi connectivity index (χ4v) is 2.71. The molecule has 0 atom stereocenters. The molecule has 0 fully saturated rings. The average Bonchev–Trinajstić information content (AvgIpc) is 2.90. The van der Waals surface area contributed by atoms with Crippen LogP contribution in [-0.4, -0.2) is 70.6 Å². The van der Waals surface area contributed by atoms with Crippen molar-refractivity contribution in [2.75, 3.05) is 52.0 Å². The molecule has 2 aromatic rings. The minimum atomic E-state index is -4.44. The predicted molar refractivity (Wildman–Crippen MR) is 96.4 cm³/mol. The number of nitrogen functional groups attached to an aromatic ring is 1. The van der Waals surface area contributed by atoms with Gasteiger partial charge in [-0.15, -0.1) is 0 Å². The van der Waals surface area contributed by atoms with Crippen LogP contribution in [0.15, 0.2) is 11.1 Å². The summed E-state index contributed by atoms with van der Waals surface area (Å²) in [7, 11) is -2.69.